The predicted molar refractivity (Wildman–Crippen MR) is 131 cm³/mol. The smallest absolute Gasteiger partial charge is 0.267 e. The molecule has 0 spiro atoms. The van der Waals surface area contributed by atoms with Gasteiger partial charge in [-0.25, -0.2) is 14.5 Å². The quantitative estimate of drug-likeness (QED) is 0.302. The molecular formula is C23H19Cl2N5OS. The minimum absolute atomic E-state index is 0.261. The molecule has 0 aliphatic carbocycles. The summed E-state index contributed by atoms with van der Waals surface area (Å²) in [4.78, 5) is 25.5. The van der Waals surface area contributed by atoms with Gasteiger partial charge in [0.05, 0.1) is 20.8 Å². The number of rotatable bonds is 3. The van der Waals surface area contributed by atoms with Crippen LogP contribution >= 0.6 is 34.5 Å². The molecule has 0 radical (unpaired) electrons. The molecule has 1 aromatic carbocycles. The van der Waals surface area contributed by atoms with Crippen LogP contribution in [0, 0.1) is 5.41 Å². The Labute approximate surface area is 198 Å². The summed E-state index contributed by atoms with van der Waals surface area (Å²) in [5, 5.41) is 11.9. The highest BCUT2D eigenvalue weighted by Gasteiger charge is 2.20. The van der Waals surface area contributed by atoms with E-state index < -0.39 is 0 Å². The van der Waals surface area contributed by atoms with Crippen LogP contribution in [-0.4, -0.2) is 38.4 Å². The van der Waals surface area contributed by atoms with Gasteiger partial charge in [-0.1, -0.05) is 23.2 Å². The van der Waals surface area contributed by atoms with E-state index in [1.165, 1.54) is 28.5 Å². The van der Waals surface area contributed by atoms with E-state index in [0.717, 1.165) is 36.4 Å². The van der Waals surface area contributed by atoms with Gasteiger partial charge in [0.15, 0.2) is 5.82 Å². The summed E-state index contributed by atoms with van der Waals surface area (Å²) >= 11 is 13.6. The number of piperidine rings is 1. The van der Waals surface area contributed by atoms with Crippen molar-refractivity contribution in [1.29, 1.82) is 5.41 Å². The third-order valence-corrected chi connectivity index (χ3v) is 6.92. The number of thiophene rings is 1. The van der Waals surface area contributed by atoms with Crippen molar-refractivity contribution < 1.29 is 0 Å². The van der Waals surface area contributed by atoms with Crippen LogP contribution in [0.3, 0.4) is 0 Å². The monoisotopic (exact) mass is 483 g/mol. The van der Waals surface area contributed by atoms with Gasteiger partial charge in [0.2, 0.25) is 0 Å². The normalized spacial score (nSPS) is 14.1. The van der Waals surface area contributed by atoms with Gasteiger partial charge in [-0.3, -0.25) is 10.2 Å². The molecule has 4 heterocycles. The molecule has 0 amide bonds. The zero-order valence-corrected chi connectivity index (χ0v) is 19.3. The maximum Gasteiger partial charge on any atom is 0.267 e. The van der Waals surface area contributed by atoms with Gasteiger partial charge in [0.1, 0.15) is 11.7 Å². The number of hydrogen-bond acceptors (Lipinski definition) is 5. The molecule has 0 atom stereocenters. The number of likely N-dealkylation sites (tertiary alicyclic amines) is 1. The largest absolute Gasteiger partial charge is 0.357 e. The van der Waals surface area contributed by atoms with Crippen LogP contribution in [0.25, 0.3) is 27.4 Å². The van der Waals surface area contributed by atoms with Crippen molar-refractivity contribution in [2.75, 3.05) is 13.1 Å². The van der Waals surface area contributed by atoms with Crippen LogP contribution in [-0.2, 0) is 0 Å². The predicted octanol–water partition coefficient (Wildman–Crippen LogP) is 5.63. The summed E-state index contributed by atoms with van der Waals surface area (Å²) in [5.74, 6) is 1.41. The zero-order chi connectivity index (χ0) is 22.2. The molecule has 3 aromatic heterocycles. The molecule has 9 heteroatoms. The summed E-state index contributed by atoms with van der Waals surface area (Å²) in [5.41, 5.74) is 1.12. The maximum atomic E-state index is 13.5. The lowest BCUT2D eigenvalue weighted by Gasteiger charge is -2.28. The van der Waals surface area contributed by atoms with Gasteiger partial charge in [0.25, 0.3) is 5.56 Å². The molecule has 6 nitrogen and oxygen atoms in total. The maximum absolute atomic E-state index is 13.5. The third kappa shape index (κ3) is 3.92. The van der Waals surface area contributed by atoms with E-state index in [9.17, 15) is 4.79 Å². The van der Waals surface area contributed by atoms with Crippen molar-refractivity contribution in [2.45, 2.75) is 19.3 Å². The first-order valence-corrected chi connectivity index (χ1v) is 11.9. The van der Waals surface area contributed by atoms with Gasteiger partial charge >= 0.3 is 0 Å². The molecule has 1 aliphatic rings. The Morgan fingerprint density at radius 1 is 1.03 bits per heavy atom. The summed E-state index contributed by atoms with van der Waals surface area (Å²) < 4.78 is 1.48. The van der Waals surface area contributed by atoms with Gasteiger partial charge < -0.3 is 4.90 Å². The lowest BCUT2D eigenvalue weighted by Crippen LogP contribution is -2.35. The fourth-order valence-corrected chi connectivity index (χ4v) is 5.07. The molecule has 5 rings (SSSR count). The van der Waals surface area contributed by atoms with E-state index in [2.05, 4.69) is 9.88 Å². The number of hydrogen-bond donors (Lipinski definition) is 1. The Balaban J connectivity index is 1.66. The average molecular weight is 484 g/mol. The Hall–Kier alpha value is -2.74. The second-order valence-electron chi connectivity index (χ2n) is 7.67. The number of amidine groups is 1. The minimum Gasteiger partial charge on any atom is -0.357 e. The Morgan fingerprint density at radius 2 is 1.81 bits per heavy atom. The van der Waals surface area contributed by atoms with Gasteiger partial charge in [0, 0.05) is 35.3 Å². The van der Waals surface area contributed by atoms with Gasteiger partial charge in [-0.2, -0.15) is 0 Å². The minimum atomic E-state index is -0.261. The number of halogens is 2. The molecule has 1 fully saturated rings. The topological polar surface area (TPSA) is 74.9 Å². The Bertz CT molecular complexity index is 1370. The van der Waals surface area contributed by atoms with Crippen molar-refractivity contribution >= 4 is 51.3 Å². The van der Waals surface area contributed by atoms with Gasteiger partial charge in [-0.15, -0.1) is 11.3 Å². The highest BCUT2D eigenvalue weighted by Crippen LogP contribution is 2.29. The van der Waals surface area contributed by atoms with Crippen LogP contribution in [0.15, 0.2) is 52.8 Å². The highest BCUT2D eigenvalue weighted by atomic mass is 35.5. The summed E-state index contributed by atoms with van der Waals surface area (Å²) in [6.07, 6.45) is 4.93. The number of benzene rings is 1. The third-order valence-electron chi connectivity index (χ3n) is 5.54. The van der Waals surface area contributed by atoms with Crippen LogP contribution in [0.1, 0.15) is 24.8 Å². The van der Waals surface area contributed by atoms with E-state index >= 15 is 0 Å². The second-order valence-corrected chi connectivity index (χ2v) is 9.45. The molecule has 1 aliphatic heterocycles. The Morgan fingerprint density at radius 3 is 2.56 bits per heavy atom. The first-order chi connectivity index (χ1) is 15.5. The molecule has 162 valence electrons. The van der Waals surface area contributed by atoms with Gasteiger partial charge in [-0.05, 0) is 55.7 Å². The van der Waals surface area contributed by atoms with E-state index in [1.54, 1.807) is 30.3 Å². The fourth-order valence-electron chi connectivity index (χ4n) is 3.91. The molecule has 0 saturated carbocycles. The molecule has 1 N–H and O–H groups in total. The van der Waals surface area contributed by atoms with E-state index in [4.69, 9.17) is 33.6 Å². The lowest BCUT2D eigenvalue weighted by atomic mass is 10.1. The van der Waals surface area contributed by atoms with Crippen LogP contribution in [0.4, 0.5) is 0 Å². The SMILES string of the molecule is N=C(c1csc(-c2nc3ccc(Cl)cc3c(=O)n2-c2ccc(Cl)cn2)c1)N1CCCCC1. The molecule has 0 bridgehead atoms. The summed E-state index contributed by atoms with van der Waals surface area (Å²) in [7, 11) is 0. The highest BCUT2D eigenvalue weighted by molar-refractivity contribution is 7.13. The van der Waals surface area contributed by atoms with Crippen LogP contribution in [0.2, 0.25) is 10.0 Å². The van der Waals surface area contributed by atoms with Crippen LogP contribution < -0.4 is 5.56 Å². The molecule has 0 unspecified atom stereocenters. The number of pyridine rings is 1. The van der Waals surface area contributed by atoms with Crippen molar-refractivity contribution in [3.05, 3.63) is 73.9 Å². The number of nitrogens with one attached hydrogen (secondary N) is 1. The van der Waals surface area contributed by atoms with Crippen molar-refractivity contribution in [3.63, 3.8) is 0 Å². The van der Waals surface area contributed by atoms with E-state index in [-0.39, 0.29) is 5.56 Å². The van der Waals surface area contributed by atoms with E-state index in [1.807, 2.05) is 11.4 Å². The summed E-state index contributed by atoms with van der Waals surface area (Å²) in [6.45, 7) is 1.80. The lowest BCUT2D eigenvalue weighted by molar-refractivity contribution is 0.341. The van der Waals surface area contributed by atoms with E-state index in [0.29, 0.717) is 38.4 Å². The second kappa shape index (κ2) is 8.65. The molecule has 32 heavy (non-hydrogen) atoms. The molecular weight excluding hydrogens is 465 g/mol. The van der Waals surface area contributed by atoms with Crippen molar-refractivity contribution in [2.24, 2.45) is 0 Å². The first kappa shape index (κ1) is 21.1. The van der Waals surface area contributed by atoms with Crippen molar-refractivity contribution in [1.82, 2.24) is 19.4 Å². The van der Waals surface area contributed by atoms with Crippen LogP contribution in [0.5, 0.6) is 0 Å². The Kier molecular flexibility index (Phi) is 5.71. The first-order valence-electron chi connectivity index (χ1n) is 10.3. The number of aromatic nitrogens is 3. The zero-order valence-electron chi connectivity index (χ0n) is 17.0. The standard InChI is InChI=1S/C23H19Cl2N5OS/c24-15-4-6-18-17(11-15)23(31)30(20-7-5-16(25)12-27-20)22(28-18)19-10-14(13-32-19)21(26)29-8-2-1-3-9-29/h4-7,10-13,26H,1-3,8-9H2. The average Bonchev–Trinajstić information content (AvgIpc) is 3.30. The summed E-state index contributed by atoms with van der Waals surface area (Å²) in [6, 6.07) is 10.4. The molecule has 4 aromatic rings. The molecule has 1 saturated heterocycles. The van der Waals surface area contributed by atoms with Crippen molar-refractivity contribution in [3.8, 4) is 16.5 Å². The number of nitrogens with zero attached hydrogens (tertiary/aromatic N) is 4. The fraction of sp³-hybridized carbons (Fsp3) is 0.217. The number of fused-ring (bicyclic) bond motifs is 1.